The third-order valence-corrected chi connectivity index (χ3v) is 5.08. The quantitative estimate of drug-likeness (QED) is 0.668. The van der Waals surface area contributed by atoms with Crippen LogP contribution in [-0.4, -0.2) is 42.0 Å². The molecule has 0 saturated carbocycles. The predicted octanol–water partition coefficient (Wildman–Crippen LogP) is 3.19. The molecule has 0 spiro atoms. The number of aliphatic imine (C=N–C) groups is 1. The molecule has 124 valence electrons. The Balaban J connectivity index is 1.94. The fraction of sp³-hybridized carbons (Fsp3) is 0.765. The maximum atomic E-state index is 4.83. The van der Waals surface area contributed by atoms with Gasteiger partial charge in [0.1, 0.15) is 0 Å². The van der Waals surface area contributed by atoms with E-state index in [1.807, 2.05) is 0 Å². The number of guanidine groups is 1. The molecule has 5 heteroatoms. The summed E-state index contributed by atoms with van der Waals surface area (Å²) in [5.41, 5.74) is 1.18. The maximum absolute atomic E-state index is 4.83. The van der Waals surface area contributed by atoms with Gasteiger partial charge in [-0.2, -0.15) is 0 Å². The van der Waals surface area contributed by atoms with Crippen molar-refractivity contribution >= 4 is 17.3 Å². The number of hydrogen-bond donors (Lipinski definition) is 1. The van der Waals surface area contributed by atoms with Gasteiger partial charge >= 0.3 is 0 Å². The van der Waals surface area contributed by atoms with Crippen LogP contribution in [-0.2, 0) is 12.8 Å². The summed E-state index contributed by atoms with van der Waals surface area (Å²) in [6, 6.07) is 0. The number of hydrogen-bond acceptors (Lipinski definition) is 3. The first-order chi connectivity index (χ1) is 10.6. The minimum Gasteiger partial charge on any atom is -0.357 e. The lowest BCUT2D eigenvalue weighted by Gasteiger charge is -2.37. The van der Waals surface area contributed by atoms with Crippen molar-refractivity contribution in [2.45, 2.75) is 47.0 Å². The van der Waals surface area contributed by atoms with Crippen molar-refractivity contribution in [3.63, 3.8) is 0 Å². The average Bonchev–Trinajstić information content (AvgIpc) is 2.93. The number of nitrogens with zero attached hydrogens (tertiary/aromatic N) is 3. The molecule has 2 rings (SSSR count). The number of likely N-dealkylation sites (tertiary alicyclic amines) is 1. The first-order valence-electron chi connectivity index (χ1n) is 8.58. The second-order valence-corrected chi connectivity index (χ2v) is 7.37. The van der Waals surface area contributed by atoms with Crippen molar-refractivity contribution in [1.29, 1.82) is 0 Å². The average molecular weight is 323 g/mol. The minimum absolute atomic E-state index is 0.748. The molecule has 0 amide bonds. The van der Waals surface area contributed by atoms with E-state index in [0.29, 0.717) is 0 Å². The molecule has 1 N–H and O–H groups in total. The van der Waals surface area contributed by atoms with Crippen molar-refractivity contribution in [2.75, 3.05) is 26.2 Å². The molecule has 0 aromatic carbocycles. The summed E-state index contributed by atoms with van der Waals surface area (Å²) in [5.74, 6) is 2.57. The van der Waals surface area contributed by atoms with Crippen LogP contribution < -0.4 is 5.32 Å². The van der Waals surface area contributed by atoms with Crippen LogP contribution in [0.5, 0.6) is 0 Å². The molecular weight excluding hydrogens is 292 g/mol. The molecule has 0 bridgehead atoms. The van der Waals surface area contributed by atoms with Crippen LogP contribution in [0.4, 0.5) is 0 Å². The van der Waals surface area contributed by atoms with Gasteiger partial charge in [-0.1, -0.05) is 20.8 Å². The Kier molecular flexibility index (Phi) is 6.68. The fourth-order valence-corrected chi connectivity index (χ4v) is 3.94. The molecule has 2 unspecified atom stereocenters. The highest BCUT2D eigenvalue weighted by atomic mass is 32.1. The number of aromatic nitrogens is 1. The minimum atomic E-state index is 0.748. The van der Waals surface area contributed by atoms with Crippen LogP contribution in [0, 0.1) is 11.8 Å². The monoisotopic (exact) mass is 322 g/mol. The van der Waals surface area contributed by atoms with Crippen molar-refractivity contribution in [3.05, 3.63) is 16.1 Å². The van der Waals surface area contributed by atoms with Gasteiger partial charge in [0.2, 0.25) is 0 Å². The third kappa shape index (κ3) is 4.97. The molecule has 1 saturated heterocycles. The number of thiazole rings is 1. The van der Waals surface area contributed by atoms with E-state index >= 15 is 0 Å². The van der Waals surface area contributed by atoms with Gasteiger partial charge in [-0.15, -0.1) is 11.3 Å². The molecule has 4 nitrogen and oxygen atoms in total. The van der Waals surface area contributed by atoms with Gasteiger partial charge in [0.15, 0.2) is 5.96 Å². The van der Waals surface area contributed by atoms with Crippen LogP contribution in [0.1, 0.15) is 44.8 Å². The summed E-state index contributed by atoms with van der Waals surface area (Å²) in [7, 11) is 0. The summed E-state index contributed by atoms with van der Waals surface area (Å²) < 4.78 is 0. The van der Waals surface area contributed by atoms with Crippen molar-refractivity contribution in [2.24, 2.45) is 16.8 Å². The van der Waals surface area contributed by atoms with Gasteiger partial charge in [0.05, 0.1) is 10.7 Å². The zero-order chi connectivity index (χ0) is 15.9. The standard InChI is InChI=1S/C17H30N4S/c1-5-16-20-15(12-22-16)7-8-19-17(18-6-2)21-10-13(3)9-14(4)11-21/h12-14H,5-11H2,1-4H3,(H,18,19). The van der Waals surface area contributed by atoms with E-state index in [1.54, 1.807) is 11.3 Å². The van der Waals surface area contributed by atoms with Crippen LogP contribution in [0.3, 0.4) is 0 Å². The van der Waals surface area contributed by atoms with E-state index < -0.39 is 0 Å². The summed E-state index contributed by atoms with van der Waals surface area (Å²) in [5, 5.41) is 6.85. The van der Waals surface area contributed by atoms with Gasteiger partial charge in [-0.05, 0) is 31.6 Å². The maximum Gasteiger partial charge on any atom is 0.193 e. The molecule has 0 aliphatic carbocycles. The Morgan fingerprint density at radius 2 is 2.09 bits per heavy atom. The van der Waals surface area contributed by atoms with Gasteiger partial charge in [0, 0.05) is 38.0 Å². The predicted molar refractivity (Wildman–Crippen MR) is 95.7 cm³/mol. The summed E-state index contributed by atoms with van der Waals surface area (Å²) in [6.45, 7) is 13.0. The van der Waals surface area contributed by atoms with Gasteiger partial charge < -0.3 is 10.2 Å². The van der Waals surface area contributed by atoms with Gasteiger partial charge in [0.25, 0.3) is 0 Å². The number of piperidine rings is 1. The number of rotatable bonds is 5. The molecule has 1 aromatic heterocycles. The Labute approximate surface area is 139 Å². The summed E-state index contributed by atoms with van der Waals surface area (Å²) >= 11 is 1.76. The van der Waals surface area contributed by atoms with E-state index in [4.69, 9.17) is 4.99 Å². The largest absolute Gasteiger partial charge is 0.357 e. The second-order valence-electron chi connectivity index (χ2n) is 6.42. The molecular formula is C17H30N4S. The van der Waals surface area contributed by atoms with Crippen molar-refractivity contribution < 1.29 is 0 Å². The molecule has 2 heterocycles. The van der Waals surface area contributed by atoms with E-state index in [1.165, 1.54) is 17.1 Å². The molecule has 1 fully saturated rings. The van der Waals surface area contributed by atoms with Crippen molar-refractivity contribution in [3.8, 4) is 0 Å². The van der Waals surface area contributed by atoms with E-state index in [9.17, 15) is 0 Å². The van der Waals surface area contributed by atoms with E-state index in [2.05, 4.69) is 48.3 Å². The van der Waals surface area contributed by atoms with Crippen LogP contribution in [0.15, 0.2) is 10.4 Å². The van der Waals surface area contributed by atoms with E-state index in [-0.39, 0.29) is 0 Å². The van der Waals surface area contributed by atoms with Crippen molar-refractivity contribution in [1.82, 2.24) is 15.2 Å². The zero-order valence-corrected chi connectivity index (χ0v) is 15.2. The molecule has 1 aromatic rings. The highest BCUT2D eigenvalue weighted by Gasteiger charge is 2.23. The smallest absolute Gasteiger partial charge is 0.193 e. The topological polar surface area (TPSA) is 40.5 Å². The normalized spacial score (nSPS) is 22.9. The first kappa shape index (κ1) is 17.3. The molecule has 1 aliphatic rings. The summed E-state index contributed by atoms with van der Waals surface area (Å²) in [6.07, 6.45) is 3.29. The lowest BCUT2D eigenvalue weighted by atomic mass is 9.92. The van der Waals surface area contributed by atoms with Gasteiger partial charge in [-0.3, -0.25) is 4.99 Å². The lowest BCUT2D eigenvalue weighted by molar-refractivity contribution is 0.208. The Hall–Kier alpha value is -1.10. The lowest BCUT2D eigenvalue weighted by Crippen LogP contribution is -2.48. The Bertz CT molecular complexity index is 473. The molecule has 2 atom stereocenters. The second kappa shape index (κ2) is 8.51. The Morgan fingerprint density at radius 3 is 2.68 bits per heavy atom. The van der Waals surface area contributed by atoms with Crippen LogP contribution in [0.25, 0.3) is 0 Å². The van der Waals surface area contributed by atoms with Crippen LogP contribution >= 0.6 is 11.3 Å². The zero-order valence-electron chi connectivity index (χ0n) is 14.4. The Morgan fingerprint density at radius 1 is 1.36 bits per heavy atom. The highest BCUT2D eigenvalue weighted by Crippen LogP contribution is 2.21. The highest BCUT2D eigenvalue weighted by molar-refractivity contribution is 7.09. The summed E-state index contributed by atoms with van der Waals surface area (Å²) in [4.78, 5) is 11.9. The molecule has 1 aliphatic heterocycles. The number of nitrogens with one attached hydrogen (secondary N) is 1. The first-order valence-corrected chi connectivity index (χ1v) is 9.46. The fourth-order valence-electron chi connectivity index (χ4n) is 3.16. The van der Waals surface area contributed by atoms with Gasteiger partial charge in [-0.25, -0.2) is 4.98 Å². The third-order valence-electron chi connectivity index (χ3n) is 4.03. The van der Waals surface area contributed by atoms with E-state index in [0.717, 1.165) is 56.8 Å². The van der Waals surface area contributed by atoms with Crippen LogP contribution in [0.2, 0.25) is 0 Å². The SMILES string of the molecule is CCNC(=NCCc1csc(CC)n1)N1CC(C)CC(C)C1. The molecule has 0 radical (unpaired) electrons. The number of aryl methyl sites for hydroxylation is 1. The molecule has 22 heavy (non-hydrogen) atoms.